The lowest BCUT2D eigenvalue weighted by atomic mass is 9.83. The van der Waals surface area contributed by atoms with Gasteiger partial charge in [0.2, 0.25) is 0 Å². The van der Waals surface area contributed by atoms with Gasteiger partial charge in [-0.2, -0.15) is 0 Å². The Morgan fingerprint density at radius 1 is 1.00 bits per heavy atom. The molecule has 0 radical (unpaired) electrons. The average Bonchev–Trinajstić information content (AvgIpc) is 3.31. The quantitative estimate of drug-likeness (QED) is 0.814. The van der Waals surface area contributed by atoms with Crippen LogP contribution in [0.1, 0.15) is 57.4 Å². The second-order valence-corrected chi connectivity index (χ2v) is 6.69. The average molecular weight is 272 g/mol. The van der Waals surface area contributed by atoms with Crippen LogP contribution in [0, 0.1) is 5.92 Å². The third-order valence-corrected chi connectivity index (χ3v) is 5.29. The molecule has 2 heteroatoms. The largest absolute Gasteiger partial charge is 0.398 e. The molecule has 2 aliphatic rings. The Kier molecular flexibility index (Phi) is 4.30. The molecule has 0 amide bonds. The van der Waals surface area contributed by atoms with Gasteiger partial charge in [-0.15, -0.1) is 0 Å². The first-order chi connectivity index (χ1) is 9.78. The predicted molar refractivity (Wildman–Crippen MR) is 85.5 cm³/mol. The normalized spacial score (nSPS) is 26.9. The van der Waals surface area contributed by atoms with Crippen molar-refractivity contribution in [2.45, 2.75) is 70.5 Å². The number of nitrogens with zero attached hydrogens (tertiary/aromatic N) is 1. The Hall–Kier alpha value is -1.02. The van der Waals surface area contributed by atoms with E-state index in [2.05, 4.69) is 24.0 Å². The number of hydrogen-bond acceptors (Lipinski definition) is 2. The van der Waals surface area contributed by atoms with Crippen LogP contribution < -0.4 is 5.73 Å². The highest BCUT2D eigenvalue weighted by Crippen LogP contribution is 2.37. The van der Waals surface area contributed by atoms with Gasteiger partial charge in [-0.1, -0.05) is 31.5 Å². The van der Waals surface area contributed by atoms with Crippen LogP contribution in [0.4, 0.5) is 5.69 Å². The molecule has 1 aromatic rings. The minimum Gasteiger partial charge on any atom is -0.398 e. The van der Waals surface area contributed by atoms with Crippen molar-refractivity contribution in [3.05, 3.63) is 29.8 Å². The van der Waals surface area contributed by atoms with Crippen LogP contribution in [-0.2, 0) is 6.54 Å². The lowest BCUT2D eigenvalue weighted by molar-refractivity contribution is 0.120. The molecule has 0 heterocycles. The first-order valence-corrected chi connectivity index (χ1v) is 8.37. The van der Waals surface area contributed by atoms with E-state index in [-0.39, 0.29) is 0 Å². The summed E-state index contributed by atoms with van der Waals surface area (Å²) in [5.74, 6) is 0.981. The Morgan fingerprint density at radius 2 is 1.60 bits per heavy atom. The van der Waals surface area contributed by atoms with E-state index in [1.807, 2.05) is 12.1 Å². The van der Waals surface area contributed by atoms with Crippen LogP contribution in [0.2, 0.25) is 0 Å². The van der Waals surface area contributed by atoms with Gasteiger partial charge in [0.15, 0.2) is 0 Å². The standard InChI is InChI=1S/C18H28N2/c1-2-14-7-9-16(10-8-14)20(17-11-12-17)13-15-5-3-4-6-18(15)19/h3-6,14,16-17H,2,7-13,19H2,1H3. The van der Waals surface area contributed by atoms with Gasteiger partial charge in [-0.05, 0) is 56.1 Å². The van der Waals surface area contributed by atoms with E-state index >= 15 is 0 Å². The minimum absolute atomic E-state index is 0.796. The molecule has 2 fully saturated rings. The molecule has 1 aromatic carbocycles. The van der Waals surface area contributed by atoms with Crippen molar-refractivity contribution < 1.29 is 0 Å². The Bertz CT molecular complexity index is 431. The van der Waals surface area contributed by atoms with E-state index in [0.29, 0.717) is 0 Å². The Morgan fingerprint density at radius 3 is 2.15 bits per heavy atom. The zero-order valence-corrected chi connectivity index (χ0v) is 12.7. The molecule has 0 saturated heterocycles. The maximum Gasteiger partial charge on any atom is 0.0359 e. The molecule has 0 spiro atoms. The van der Waals surface area contributed by atoms with Gasteiger partial charge in [0.1, 0.15) is 0 Å². The fourth-order valence-corrected chi connectivity index (χ4v) is 3.72. The van der Waals surface area contributed by atoms with E-state index in [1.54, 1.807) is 0 Å². The topological polar surface area (TPSA) is 29.3 Å². The van der Waals surface area contributed by atoms with Crippen molar-refractivity contribution in [3.8, 4) is 0 Å². The SMILES string of the molecule is CCC1CCC(N(Cc2ccccc2N)C2CC2)CC1. The summed E-state index contributed by atoms with van der Waals surface area (Å²) in [6.45, 7) is 3.40. The van der Waals surface area contributed by atoms with E-state index in [1.165, 1.54) is 50.5 Å². The first-order valence-electron chi connectivity index (χ1n) is 8.37. The molecular weight excluding hydrogens is 244 g/mol. The summed E-state index contributed by atoms with van der Waals surface area (Å²) >= 11 is 0. The molecular formula is C18H28N2. The molecule has 0 aliphatic heterocycles. The molecule has 20 heavy (non-hydrogen) atoms. The van der Waals surface area contributed by atoms with Gasteiger partial charge >= 0.3 is 0 Å². The molecule has 0 unspecified atom stereocenters. The molecule has 110 valence electrons. The highest BCUT2D eigenvalue weighted by molar-refractivity contribution is 5.46. The summed E-state index contributed by atoms with van der Waals surface area (Å²) in [5.41, 5.74) is 8.41. The van der Waals surface area contributed by atoms with E-state index in [9.17, 15) is 0 Å². The molecule has 0 atom stereocenters. The summed E-state index contributed by atoms with van der Waals surface area (Å²) in [7, 11) is 0. The monoisotopic (exact) mass is 272 g/mol. The highest BCUT2D eigenvalue weighted by Gasteiger charge is 2.35. The Labute approximate surface area is 123 Å². The summed E-state index contributed by atoms with van der Waals surface area (Å²) in [5, 5.41) is 0. The van der Waals surface area contributed by atoms with Gasteiger partial charge in [0.05, 0.1) is 0 Å². The zero-order chi connectivity index (χ0) is 13.9. The van der Waals surface area contributed by atoms with E-state index < -0.39 is 0 Å². The fraction of sp³-hybridized carbons (Fsp3) is 0.667. The Balaban J connectivity index is 1.66. The van der Waals surface area contributed by atoms with Crippen LogP contribution in [0.25, 0.3) is 0 Å². The smallest absolute Gasteiger partial charge is 0.0359 e. The van der Waals surface area contributed by atoms with Crippen molar-refractivity contribution in [3.63, 3.8) is 0 Å². The van der Waals surface area contributed by atoms with Crippen molar-refractivity contribution in [1.82, 2.24) is 4.90 Å². The molecule has 2 aliphatic carbocycles. The molecule has 0 aromatic heterocycles. The molecule has 0 bridgehead atoms. The van der Waals surface area contributed by atoms with Crippen LogP contribution in [0.15, 0.2) is 24.3 Å². The minimum atomic E-state index is 0.796. The molecule has 2 nitrogen and oxygen atoms in total. The van der Waals surface area contributed by atoms with Crippen molar-refractivity contribution >= 4 is 5.69 Å². The summed E-state index contributed by atoms with van der Waals surface area (Å²) in [6.07, 6.45) is 9.77. The van der Waals surface area contributed by atoms with Gasteiger partial charge in [-0.25, -0.2) is 0 Å². The summed E-state index contributed by atoms with van der Waals surface area (Å²) in [6, 6.07) is 10.0. The lowest BCUT2D eigenvalue weighted by Crippen LogP contribution is -2.39. The molecule has 2 N–H and O–H groups in total. The summed E-state index contributed by atoms with van der Waals surface area (Å²) in [4.78, 5) is 2.76. The predicted octanol–water partition coefficient (Wildman–Crippen LogP) is 4.20. The number of nitrogens with two attached hydrogens (primary N) is 1. The van der Waals surface area contributed by atoms with Gasteiger partial charge < -0.3 is 5.73 Å². The third kappa shape index (κ3) is 3.17. The fourth-order valence-electron chi connectivity index (χ4n) is 3.72. The van der Waals surface area contributed by atoms with Crippen LogP contribution in [0.5, 0.6) is 0 Å². The lowest BCUT2D eigenvalue weighted by Gasteiger charge is -2.37. The van der Waals surface area contributed by atoms with Crippen LogP contribution >= 0.6 is 0 Å². The van der Waals surface area contributed by atoms with Crippen LogP contribution in [0.3, 0.4) is 0 Å². The van der Waals surface area contributed by atoms with Crippen molar-refractivity contribution in [1.29, 1.82) is 0 Å². The maximum atomic E-state index is 6.14. The van der Waals surface area contributed by atoms with Crippen molar-refractivity contribution in [2.24, 2.45) is 5.92 Å². The number of para-hydroxylation sites is 1. The summed E-state index contributed by atoms with van der Waals surface area (Å²) < 4.78 is 0. The van der Waals surface area contributed by atoms with E-state index in [4.69, 9.17) is 5.73 Å². The number of benzene rings is 1. The molecule has 2 saturated carbocycles. The number of anilines is 1. The van der Waals surface area contributed by atoms with E-state index in [0.717, 1.165) is 30.2 Å². The van der Waals surface area contributed by atoms with Gasteiger partial charge in [0, 0.05) is 24.3 Å². The first kappa shape index (κ1) is 13.9. The van der Waals surface area contributed by atoms with Gasteiger partial charge in [0.25, 0.3) is 0 Å². The van der Waals surface area contributed by atoms with Gasteiger partial charge in [-0.3, -0.25) is 4.90 Å². The second-order valence-electron chi connectivity index (χ2n) is 6.69. The second kappa shape index (κ2) is 6.17. The number of nitrogen functional groups attached to an aromatic ring is 1. The van der Waals surface area contributed by atoms with Crippen LogP contribution in [-0.4, -0.2) is 17.0 Å². The number of hydrogen-bond donors (Lipinski definition) is 1. The van der Waals surface area contributed by atoms with Crippen molar-refractivity contribution in [2.75, 3.05) is 5.73 Å². The third-order valence-electron chi connectivity index (χ3n) is 5.29. The molecule has 3 rings (SSSR count). The number of rotatable bonds is 5. The highest BCUT2D eigenvalue weighted by atomic mass is 15.2. The zero-order valence-electron chi connectivity index (χ0n) is 12.7. The maximum absolute atomic E-state index is 6.14.